The van der Waals surface area contributed by atoms with Crippen LogP contribution in [0.25, 0.3) is 0 Å². The van der Waals surface area contributed by atoms with Gasteiger partial charge in [0, 0.05) is 5.92 Å². The topological polar surface area (TPSA) is 37.3 Å². The molecule has 0 saturated heterocycles. The van der Waals surface area contributed by atoms with Gasteiger partial charge in [0.2, 0.25) is 0 Å². The molecule has 0 radical (unpaired) electrons. The Balaban J connectivity index is 3.61. The molecule has 2 nitrogen and oxygen atoms in total. The van der Waals surface area contributed by atoms with Crippen molar-refractivity contribution in [2.45, 2.75) is 46.1 Å². The van der Waals surface area contributed by atoms with Crippen molar-refractivity contribution in [3.05, 3.63) is 0 Å². The third-order valence-corrected chi connectivity index (χ3v) is 2.00. The normalized spacial score (nSPS) is 16.0. The molecule has 0 heterocycles. The summed E-state index contributed by atoms with van der Waals surface area (Å²) >= 11 is 0. The van der Waals surface area contributed by atoms with E-state index in [1.807, 2.05) is 6.92 Å². The van der Waals surface area contributed by atoms with Crippen LogP contribution < -0.4 is 0 Å². The number of Topliss-reactive ketones (excluding diaryl/α,β-unsaturated/α-hetero) is 1. The number of aliphatic hydroxyl groups excluding tert-OH is 1. The Labute approximate surface area is 68.6 Å². The van der Waals surface area contributed by atoms with E-state index in [0.717, 1.165) is 19.3 Å². The summed E-state index contributed by atoms with van der Waals surface area (Å²) in [6.45, 7) is 5.39. The summed E-state index contributed by atoms with van der Waals surface area (Å²) in [7, 11) is 0. The van der Waals surface area contributed by atoms with Crippen LogP contribution in [0.5, 0.6) is 0 Å². The van der Waals surface area contributed by atoms with Gasteiger partial charge in [-0.15, -0.1) is 0 Å². The lowest BCUT2D eigenvalue weighted by molar-refractivity contribution is -0.121. The summed E-state index contributed by atoms with van der Waals surface area (Å²) in [5.74, 6) is 0.401. The molecule has 0 aromatic carbocycles. The predicted octanol–water partition coefficient (Wildman–Crippen LogP) is 1.76. The highest BCUT2D eigenvalue weighted by Crippen LogP contribution is 2.13. The quantitative estimate of drug-likeness (QED) is 0.662. The van der Waals surface area contributed by atoms with Crippen molar-refractivity contribution in [2.75, 3.05) is 0 Å². The summed E-state index contributed by atoms with van der Waals surface area (Å²) in [6, 6.07) is 0. The molecule has 0 aliphatic carbocycles. The Morgan fingerprint density at radius 2 is 2.00 bits per heavy atom. The van der Waals surface area contributed by atoms with Gasteiger partial charge in [0.1, 0.15) is 5.78 Å². The number of hydrogen-bond acceptors (Lipinski definition) is 2. The number of carbonyl (C=O) groups is 1. The minimum absolute atomic E-state index is 0.157. The van der Waals surface area contributed by atoms with Gasteiger partial charge in [0.15, 0.2) is 0 Å². The molecular formula is C9H18O2. The van der Waals surface area contributed by atoms with E-state index in [-0.39, 0.29) is 17.8 Å². The van der Waals surface area contributed by atoms with Gasteiger partial charge in [-0.3, -0.25) is 4.79 Å². The maximum absolute atomic E-state index is 10.9. The molecule has 0 aliphatic heterocycles. The third-order valence-electron chi connectivity index (χ3n) is 2.00. The summed E-state index contributed by atoms with van der Waals surface area (Å²) in [4.78, 5) is 10.9. The van der Waals surface area contributed by atoms with E-state index in [9.17, 15) is 4.79 Å². The Bertz CT molecular complexity index is 119. The minimum Gasteiger partial charge on any atom is -0.393 e. The highest BCUT2D eigenvalue weighted by atomic mass is 16.3. The van der Waals surface area contributed by atoms with Gasteiger partial charge in [0.25, 0.3) is 0 Å². The van der Waals surface area contributed by atoms with E-state index in [4.69, 9.17) is 5.11 Å². The lowest BCUT2D eigenvalue weighted by atomic mass is 9.95. The predicted molar refractivity (Wildman–Crippen MR) is 45.4 cm³/mol. The van der Waals surface area contributed by atoms with Crippen LogP contribution in [0.4, 0.5) is 0 Å². The summed E-state index contributed by atoms with van der Waals surface area (Å²) in [5, 5.41) is 8.97. The van der Waals surface area contributed by atoms with Crippen LogP contribution in [0.1, 0.15) is 40.0 Å². The van der Waals surface area contributed by atoms with Gasteiger partial charge in [-0.25, -0.2) is 0 Å². The molecule has 0 spiro atoms. The molecule has 0 aliphatic rings. The summed E-state index contributed by atoms with van der Waals surface area (Å²) in [5.41, 5.74) is 0. The van der Waals surface area contributed by atoms with Crippen LogP contribution >= 0.6 is 0 Å². The van der Waals surface area contributed by atoms with Crippen LogP contribution in [-0.4, -0.2) is 17.0 Å². The van der Waals surface area contributed by atoms with Crippen LogP contribution in [-0.2, 0) is 4.79 Å². The number of ketones is 1. The molecule has 2 atom stereocenters. The number of rotatable bonds is 5. The van der Waals surface area contributed by atoms with Gasteiger partial charge in [-0.05, 0) is 33.1 Å². The minimum atomic E-state index is -0.275. The molecule has 0 rings (SSSR count). The molecule has 0 fully saturated rings. The monoisotopic (exact) mass is 158 g/mol. The second-order valence-corrected chi connectivity index (χ2v) is 3.14. The second-order valence-electron chi connectivity index (χ2n) is 3.14. The standard InChI is InChI=1S/C9H18O2/c1-4-9(8(3)11)6-5-7(2)10/h7,9-10H,4-6H2,1-3H3. The molecule has 0 aromatic rings. The van der Waals surface area contributed by atoms with Crippen LogP contribution in [0.15, 0.2) is 0 Å². The van der Waals surface area contributed by atoms with E-state index < -0.39 is 0 Å². The first-order valence-corrected chi connectivity index (χ1v) is 4.26. The summed E-state index contributed by atoms with van der Waals surface area (Å²) in [6.07, 6.45) is 2.17. The zero-order valence-electron chi connectivity index (χ0n) is 7.63. The third kappa shape index (κ3) is 4.96. The Morgan fingerprint density at radius 3 is 2.27 bits per heavy atom. The Hall–Kier alpha value is -0.370. The first-order valence-electron chi connectivity index (χ1n) is 4.26. The molecule has 66 valence electrons. The Morgan fingerprint density at radius 1 is 1.45 bits per heavy atom. The fourth-order valence-corrected chi connectivity index (χ4v) is 1.14. The largest absolute Gasteiger partial charge is 0.393 e. The van der Waals surface area contributed by atoms with Crippen molar-refractivity contribution in [1.29, 1.82) is 0 Å². The smallest absolute Gasteiger partial charge is 0.132 e. The Kier molecular flexibility index (Phi) is 5.12. The molecular weight excluding hydrogens is 140 g/mol. The van der Waals surface area contributed by atoms with Crippen LogP contribution in [0.3, 0.4) is 0 Å². The van der Waals surface area contributed by atoms with Crippen molar-refractivity contribution in [3.63, 3.8) is 0 Å². The molecule has 0 bridgehead atoms. The zero-order valence-corrected chi connectivity index (χ0v) is 7.63. The van der Waals surface area contributed by atoms with Crippen molar-refractivity contribution in [3.8, 4) is 0 Å². The van der Waals surface area contributed by atoms with E-state index in [1.54, 1.807) is 13.8 Å². The molecule has 2 unspecified atom stereocenters. The van der Waals surface area contributed by atoms with Crippen molar-refractivity contribution >= 4 is 5.78 Å². The summed E-state index contributed by atoms with van der Waals surface area (Å²) < 4.78 is 0. The van der Waals surface area contributed by atoms with E-state index in [1.165, 1.54) is 0 Å². The maximum Gasteiger partial charge on any atom is 0.132 e. The molecule has 1 N–H and O–H groups in total. The molecule has 0 aromatic heterocycles. The van der Waals surface area contributed by atoms with Crippen LogP contribution in [0.2, 0.25) is 0 Å². The number of carbonyl (C=O) groups excluding carboxylic acids is 1. The average molecular weight is 158 g/mol. The highest BCUT2D eigenvalue weighted by molar-refractivity contribution is 5.78. The van der Waals surface area contributed by atoms with Gasteiger partial charge < -0.3 is 5.11 Å². The molecule has 2 heteroatoms. The van der Waals surface area contributed by atoms with Crippen molar-refractivity contribution < 1.29 is 9.90 Å². The van der Waals surface area contributed by atoms with Gasteiger partial charge in [-0.1, -0.05) is 6.92 Å². The SMILES string of the molecule is CCC(CCC(C)O)C(C)=O. The van der Waals surface area contributed by atoms with E-state index in [0.29, 0.717) is 0 Å². The van der Waals surface area contributed by atoms with Gasteiger partial charge in [-0.2, -0.15) is 0 Å². The maximum atomic E-state index is 10.9. The fourth-order valence-electron chi connectivity index (χ4n) is 1.14. The average Bonchev–Trinajstić information content (AvgIpc) is 1.87. The lowest BCUT2D eigenvalue weighted by Crippen LogP contribution is -2.12. The van der Waals surface area contributed by atoms with Crippen LogP contribution in [0, 0.1) is 5.92 Å². The molecule has 11 heavy (non-hydrogen) atoms. The fraction of sp³-hybridized carbons (Fsp3) is 0.889. The van der Waals surface area contributed by atoms with Gasteiger partial charge in [0.05, 0.1) is 6.10 Å². The second kappa shape index (κ2) is 5.30. The lowest BCUT2D eigenvalue weighted by Gasteiger charge is -2.11. The number of aliphatic hydroxyl groups is 1. The highest BCUT2D eigenvalue weighted by Gasteiger charge is 2.11. The first kappa shape index (κ1) is 10.6. The molecule has 0 saturated carbocycles. The van der Waals surface area contributed by atoms with Crippen molar-refractivity contribution in [2.24, 2.45) is 5.92 Å². The number of hydrogen-bond donors (Lipinski definition) is 1. The van der Waals surface area contributed by atoms with E-state index in [2.05, 4.69) is 0 Å². The van der Waals surface area contributed by atoms with E-state index >= 15 is 0 Å². The zero-order chi connectivity index (χ0) is 8.85. The first-order chi connectivity index (χ1) is 5.07. The molecule has 0 amide bonds. The van der Waals surface area contributed by atoms with Crippen molar-refractivity contribution in [1.82, 2.24) is 0 Å². The van der Waals surface area contributed by atoms with Gasteiger partial charge >= 0.3 is 0 Å².